The quantitative estimate of drug-likeness (QED) is 0.609. The molecule has 1 unspecified atom stereocenters. The summed E-state index contributed by atoms with van der Waals surface area (Å²) in [5.74, 6) is 0. The molecule has 0 spiro atoms. The van der Waals surface area contributed by atoms with Crippen molar-refractivity contribution in [3.05, 3.63) is 0 Å². The second-order valence-corrected chi connectivity index (χ2v) is 4.98. The van der Waals surface area contributed by atoms with Crippen LogP contribution in [-0.2, 0) is 4.74 Å². The first-order chi connectivity index (χ1) is 7.86. The lowest BCUT2D eigenvalue weighted by Gasteiger charge is -2.17. The molecule has 2 heteroatoms. The summed E-state index contributed by atoms with van der Waals surface area (Å²) in [6.45, 7) is 6.45. The van der Waals surface area contributed by atoms with Crippen molar-refractivity contribution in [1.82, 2.24) is 5.32 Å². The molecule has 0 aliphatic heterocycles. The number of hydrogen-bond donors (Lipinski definition) is 1. The Bertz CT molecular complexity index is 155. The topological polar surface area (TPSA) is 21.3 Å². The van der Waals surface area contributed by atoms with E-state index in [1.54, 1.807) is 0 Å². The van der Waals surface area contributed by atoms with Crippen LogP contribution in [0.4, 0.5) is 0 Å². The molecule has 1 aliphatic rings. The van der Waals surface area contributed by atoms with Crippen LogP contribution in [-0.4, -0.2) is 25.3 Å². The first kappa shape index (κ1) is 14.0. The molecule has 0 heterocycles. The minimum Gasteiger partial charge on any atom is -0.377 e. The Hall–Kier alpha value is -0.0800. The van der Waals surface area contributed by atoms with Gasteiger partial charge in [-0.3, -0.25) is 0 Å². The van der Waals surface area contributed by atoms with Gasteiger partial charge in [-0.15, -0.1) is 0 Å². The molecule has 0 radical (unpaired) electrons. The molecule has 1 N–H and O–H groups in total. The fourth-order valence-corrected chi connectivity index (χ4v) is 2.44. The molecule has 0 aromatic heterocycles. The van der Waals surface area contributed by atoms with Gasteiger partial charge in [-0.2, -0.15) is 0 Å². The SMILES string of the molecule is CCCCC(CC)NCCOC1CCCC1. The highest BCUT2D eigenvalue weighted by atomic mass is 16.5. The maximum Gasteiger partial charge on any atom is 0.0594 e. The van der Waals surface area contributed by atoms with Crippen LogP contribution in [0, 0.1) is 0 Å². The number of hydrogen-bond acceptors (Lipinski definition) is 2. The highest BCUT2D eigenvalue weighted by Crippen LogP contribution is 2.20. The van der Waals surface area contributed by atoms with Gasteiger partial charge in [0.25, 0.3) is 0 Å². The summed E-state index contributed by atoms with van der Waals surface area (Å²) in [4.78, 5) is 0. The summed E-state index contributed by atoms with van der Waals surface area (Å²) in [6.07, 6.45) is 11.1. The molecule has 1 aliphatic carbocycles. The normalized spacial score (nSPS) is 19.1. The van der Waals surface area contributed by atoms with Crippen molar-refractivity contribution in [2.45, 2.75) is 77.4 Å². The molecule has 1 atom stereocenters. The van der Waals surface area contributed by atoms with Gasteiger partial charge in [-0.05, 0) is 25.7 Å². The zero-order valence-corrected chi connectivity index (χ0v) is 11.1. The van der Waals surface area contributed by atoms with E-state index in [0.29, 0.717) is 12.1 Å². The van der Waals surface area contributed by atoms with Crippen LogP contribution in [0.5, 0.6) is 0 Å². The minimum absolute atomic E-state index is 0.567. The largest absolute Gasteiger partial charge is 0.377 e. The molecule has 0 bridgehead atoms. The Labute approximate surface area is 101 Å². The van der Waals surface area contributed by atoms with Crippen LogP contribution in [0.25, 0.3) is 0 Å². The van der Waals surface area contributed by atoms with E-state index in [1.165, 1.54) is 51.4 Å². The Morgan fingerprint density at radius 3 is 2.62 bits per heavy atom. The summed E-state index contributed by atoms with van der Waals surface area (Å²) in [7, 11) is 0. The van der Waals surface area contributed by atoms with Gasteiger partial charge in [-0.25, -0.2) is 0 Å². The number of rotatable bonds is 9. The monoisotopic (exact) mass is 227 g/mol. The third-order valence-corrected chi connectivity index (χ3v) is 3.59. The van der Waals surface area contributed by atoms with E-state index < -0.39 is 0 Å². The van der Waals surface area contributed by atoms with Crippen molar-refractivity contribution in [1.29, 1.82) is 0 Å². The molecular weight excluding hydrogens is 198 g/mol. The molecular formula is C14H29NO. The van der Waals surface area contributed by atoms with E-state index in [4.69, 9.17) is 4.74 Å². The number of unbranched alkanes of at least 4 members (excludes halogenated alkanes) is 1. The summed E-state index contributed by atoms with van der Waals surface area (Å²) < 4.78 is 5.84. The highest BCUT2D eigenvalue weighted by Gasteiger charge is 2.14. The first-order valence-electron chi connectivity index (χ1n) is 7.21. The van der Waals surface area contributed by atoms with Gasteiger partial charge in [0.1, 0.15) is 0 Å². The summed E-state index contributed by atoms with van der Waals surface area (Å²) >= 11 is 0. The fraction of sp³-hybridized carbons (Fsp3) is 1.00. The van der Waals surface area contributed by atoms with Crippen molar-refractivity contribution in [3.63, 3.8) is 0 Å². The van der Waals surface area contributed by atoms with Gasteiger partial charge in [0.15, 0.2) is 0 Å². The zero-order chi connectivity index (χ0) is 11.6. The molecule has 16 heavy (non-hydrogen) atoms. The Morgan fingerprint density at radius 1 is 1.25 bits per heavy atom. The predicted octanol–water partition coefficient (Wildman–Crippen LogP) is 3.50. The van der Waals surface area contributed by atoms with Crippen molar-refractivity contribution in [3.8, 4) is 0 Å². The van der Waals surface area contributed by atoms with Crippen molar-refractivity contribution in [2.24, 2.45) is 0 Å². The molecule has 0 aromatic carbocycles. The lowest BCUT2D eigenvalue weighted by Crippen LogP contribution is -2.32. The zero-order valence-electron chi connectivity index (χ0n) is 11.1. The predicted molar refractivity (Wildman–Crippen MR) is 69.8 cm³/mol. The van der Waals surface area contributed by atoms with Gasteiger partial charge in [0.2, 0.25) is 0 Å². The van der Waals surface area contributed by atoms with Crippen LogP contribution < -0.4 is 5.32 Å². The second-order valence-electron chi connectivity index (χ2n) is 4.98. The van der Waals surface area contributed by atoms with Crippen molar-refractivity contribution < 1.29 is 4.74 Å². The standard InChI is InChI=1S/C14H29NO/c1-3-5-8-13(4-2)15-11-12-16-14-9-6-7-10-14/h13-15H,3-12H2,1-2H3. The molecule has 1 fully saturated rings. The third kappa shape index (κ3) is 5.86. The lowest BCUT2D eigenvalue weighted by molar-refractivity contribution is 0.0589. The average Bonchev–Trinajstić information content (AvgIpc) is 2.81. The van der Waals surface area contributed by atoms with Crippen LogP contribution in [0.3, 0.4) is 0 Å². The van der Waals surface area contributed by atoms with E-state index in [0.717, 1.165) is 13.2 Å². The molecule has 1 rings (SSSR count). The van der Waals surface area contributed by atoms with E-state index in [9.17, 15) is 0 Å². The van der Waals surface area contributed by atoms with E-state index >= 15 is 0 Å². The number of ether oxygens (including phenoxy) is 1. The van der Waals surface area contributed by atoms with Gasteiger partial charge in [-0.1, -0.05) is 39.5 Å². The van der Waals surface area contributed by atoms with Gasteiger partial charge < -0.3 is 10.1 Å². The summed E-state index contributed by atoms with van der Waals surface area (Å²) in [6, 6.07) is 0.701. The molecule has 96 valence electrons. The van der Waals surface area contributed by atoms with Gasteiger partial charge in [0.05, 0.1) is 12.7 Å². The average molecular weight is 227 g/mol. The Kier molecular flexibility index (Phi) is 7.87. The van der Waals surface area contributed by atoms with E-state index in [-0.39, 0.29) is 0 Å². The van der Waals surface area contributed by atoms with Crippen LogP contribution in [0.15, 0.2) is 0 Å². The first-order valence-corrected chi connectivity index (χ1v) is 7.21. The smallest absolute Gasteiger partial charge is 0.0594 e. The van der Waals surface area contributed by atoms with Gasteiger partial charge >= 0.3 is 0 Å². The third-order valence-electron chi connectivity index (χ3n) is 3.59. The van der Waals surface area contributed by atoms with Crippen LogP contribution in [0.2, 0.25) is 0 Å². The highest BCUT2D eigenvalue weighted by molar-refractivity contribution is 4.68. The molecule has 0 amide bonds. The van der Waals surface area contributed by atoms with E-state index in [2.05, 4.69) is 19.2 Å². The van der Waals surface area contributed by atoms with Crippen molar-refractivity contribution >= 4 is 0 Å². The van der Waals surface area contributed by atoms with Gasteiger partial charge in [0, 0.05) is 12.6 Å². The van der Waals surface area contributed by atoms with Crippen LogP contribution >= 0.6 is 0 Å². The molecule has 0 saturated heterocycles. The molecule has 0 aromatic rings. The Morgan fingerprint density at radius 2 is 2.00 bits per heavy atom. The lowest BCUT2D eigenvalue weighted by atomic mass is 10.1. The Balaban J connectivity index is 1.95. The summed E-state index contributed by atoms with van der Waals surface area (Å²) in [5, 5.41) is 3.60. The van der Waals surface area contributed by atoms with Crippen molar-refractivity contribution in [2.75, 3.05) is 13.2 Å². The van der Waals surface area contributed by atoms with E-state index in [1.807, 2.05) is 0 Å². The molecule has 1 saturated carbocycles. The second kappa shape index (κ2) is 9.00. The van der Waals surface area contributed by atoms with Crippen LogP contribution in [0.1, 0.15) is 65.2 Å². The summed E-state index contributed by atoms with van der Waals surface area (Å²) in [5.41, 5.74) is 0. The molecule has 2 nitrogen and oxygen atoms in total. The minimum atomic E-state index is 0.567. The maximum absolute atomic E-state index is 5.84. The fourth-order valence-electron chi connectivity index (χ4n) is 2.44. The maximum atomic E-state index is 5.84. The number of nitrogens with one attached hydrogen (secondary N) is 1.